The number of anilines is 1. The molecule has 2 amide bonds. The molecular formula is C12H10FNO4. The average molecular weight is 251 g/mol. The van der Waals surface area contributed by atoms with Gasteiger partial charge in [-0.3, -0.25) is 9.59 Å². The molecule has 5 nitrogen and oxygen atoms in total. The summed E-state index contributed by atoms with van der Waals surface area (Å²) in [6.45, 7) is 1.54. The Morgan fingerprint density at radius 3 is 2.61 bits per heavy atom. The van der Waals surface area contributed by atoms with Gasteiger partial charge in [0.15, 0.2) is 0 Å². The van der Waals surface area contributed by atoms with Crippen LogP contribution in [0.1, 0.15) is 23.7 Å². The number of carboxylic acids is 1. The SMILES string of the molecule is CC1CC(=O)N(c2c(F)cccc2C(=O)O)C1=O. The highest BCUT2D eigenvalue weighted by Crippen LogP contribution is 2.31. The van der Waals surface area contributed by atoms with Crippen molar-refractivity contribution in [2.75, 3.05) is 4.90 Å². The van der Waals surface area contributed by atoms with E-state index >= 15 is 0 Å². The maximum Gasteiger partial charge on any atom is 0.337 e. The van der Waals surface area contributed by atoms with Crippen molar-refractivity contribution in [2.45, 2.75) is 13.3 Å². The number of carboxylic acid groups (broad SMARTS) is 1. The van der Waals surface area contributed by atoms with Crippen LogP contribution in [0.2, 0.25) is 0 Å². The van der Waals surface area contributed by atoms with Crippen LogP contribution in [-0.2, 0) is 9.59 Å². The van der Waals surface area contributed by atoms with E-state index in [1.165, 1.54) is 6.07 Å². The molecule has 18 heavy (non-hydrogen) atoms. The molecule has 94 valence electrons. The van der Waals surface area contributed by atoms with Gasteiger partial charge in [0.05, 0.1) is 5.56 Å². The number of hydrogen-bond acceptors (Lipinski definition) is 3. The molecule has 1 aliphatic rings. The summed E-state index contributed by atoms with van der Waals surface area (Å²) in [5.74, 6) is -4.00. The lowest BCUT2D eigenvalue weighted by molar-refractivity contribution is -0.122. The number of rotatable bonds is 2. The fourth-order valence-corrected chi connectivity index (χ4v) is 1.93. The lowest BCUT2D eigenvalue weighted by atomic mass is 10.1. The number of hydrogen-bond donors (Lipinski definition) is 1. The summed E-state index contributed by atoms with van der Waals surface area (Å²) in [6, 6.07) is 3.40. The molecule has 0 aromatic heterocycles. The van der Waals surface area contributed by atoms with Gasteiger partial charge in [-0.05, 0) is 12.1 Å². The fraction of sp³-hybridized carbons (Fsp3) is 0.250. The van der Waals surface area contributed by atoms with Gasteiger partial charge in [0.25, 0.3) is 0 Å². The highest BCUT2D eigenvalue weighted by atomic mass is 19.1. The molecule has 0 aliphatic carbocycles. The zero-order valence-corrected chi connectivity index (χ0v) is 9.51. The summed E-state index contributed by atoms with van der Waals surface area (Å²) in [6.07, 6.45) is -0.0355. The quantitative estimate of drug-likeness (QED) is 0.807. The van der Waals surface area contributed by atoms with Gasteiger partial charge in [0, 0.05) is 12.3 Å². The zero-order chi connectivity index (χ0) is 13.4. The van der Waals surface area contributed by atoms with Gasteiger partial charge >= 0.3 is 5.97 Å². The maximum atomic E-state index is 13.7. The monoisotopic (exact) mass is 251 g/mol. The lowest BCUT2D eigenvalue weighted by Crippen LogP contribution is -2.32. The third-order valence-corrected chi connectivity index (χ3v) is 2.81. The lowest BCUT2D eigenvalue weighted by Gasteiger charge is -2.17. The summed E-state index contributed by atoms with van der Waals surface area (Å²) in [4.78, 5) is 35.1. The smallest absolute Gasteiger partial charge is 0.337 e. The highest BCUT2D eigenvalue weighted by molar-refractivity contribution is 6.22. The number of imide groups is 1. The van der Waals surface area contributed by atoms with Gasteiger partial charge in [0.1, 0.15) is 11.5 Å². The van der Waals surface area contributed by atoms with Crippen molar-refractivity contribution in [2.24, 2.45) is 5.92 Å². The largest absolute Gasteiger partial charge is 0.478 e. The molecule has 0 bridgehead atoms. The minimum atomic E-state index is -1.38. The molecule has 1 unspecified atom stereocenters. The third kappa shape index (κ3) is 1.75. The van der Waals surface area contributed by atoms with Crippen molar-refractivity contribution in [1.29, 1.82) is 0 Å². The van der Waals surface area contributed by atoms with E-state index in [9.17, 15) is 18.8 Å². The van der Waals surface area contributed by atoms with Crippen molar-refractivity contribution in [1.82, 2.24) is 0 Å². The Balaban J connectivity index is 2.61. The van der Waals surface area contributed by atoms with Crippen molar-refractivity contribution < 1.29 is 23.9 Å². The van der Waals surface area contributed by atoms with E-state index in [1.54, 1.807) is 6.92 Å². The first-order valence-corrected chi connectivity index (χ1v) is 5.32. The van der Waals surface area contributed by atoms with Crippen LogP contribution in [0.5, 0.6) is 0 Å². The van der Waals surface area contributed by atoms with Gasteiger partial charge in [-0.25, -0.2) is 14.1 Å². The molecule has 1 atom stereocenters. The van der Waals surface area contributed by atoms with Gasteiger partial charge in [-0.1, -0.05) is 13.0 Å². The molecule has 1 aromatic rings. The number of aromatic carboxylic acids is 1. The van der Waals surface area contributed by atoms with Crippen LogP contribution in [0.15, 0.2) is 18.2 Å². The second kappa shape index (κ2) is 4.21. The van der Waals surface area contributed by atoms with E-state index in [2.05, 4.69) is 0 Å². The molecule has 1 N–H and O–H groups in total. The number of carbonyl (C=O) groups is 3. The Bertz CT molecular complexity index is 555. The number of para-hydroxylation sites is 1. The Hall–Kier alpha value is -2.24. The average Bonchev–Trinajstić information content (AvgIpc) is 2.54. The van der Waals surface area contributed by atoms with Crippen molar-refractivity contribution in [3.8, 4) is 0 Å². The molecule has 2 rings (SSSR count). The molecule has 1 fully saturated rings. The van der Waals surface area contributed by atoms with E-state index in [0.717, 1.165) is 12.1 Å². The Labute approximate surface area is 102 Å². The maximum absolute atomic E-state index is 13.7. The summed E-state index contributed by atoms with van der Waals surface area (Å²) in [7, 11) is 0. The Morgan fingerprint density at radius 1 is 1.44 bits per heavy atom. The van der Waals surface area contributed by atoms with E-state index in [1.807, 2.05) is 0 Å². The van der Waals surface area contributed by atoms with Crippen LogP contribution in [0.3, 0.4) is 0 Å². The van der Waals surface area contributed by atoms with E-state index in [0.29, 0.717) is 4.90 Å². The summed E-state index contributed by atoms with van der Waals surface area (Å²) in [5.41, 5.74) is -0.866. The van der Waals surface area contributed by atoms with Crippen LogP contribution in [0, 0.1) is 11.7 Å². The molecule has 1 aliphatic heterocycles. The van der Waals surface area contributed by atoms with E-state index < -0.39 is 40.8 Å². The second-order valence-corrected chi connectivity index (χ2v) is 4.11. The molecule has 6 heteroatoms. The van der Waals surface area contributed by atoms with Crippen LogP contribution < -0.4 is 4.90 Å². The van der Waals surface area contributed by atoms with Crippen molar-refractivity contribution in [3.63, 3.8) is 0 Å². The van der Waals surface area contributed by atoms with Crippen LogP contribution in [-0.4, -0.2) is 22.9 Å². The Morgan fingerprint density at radius 2 is 2.11 bits per heavy atom. The first-order chi connectivity index (χ1) is 8.43. The number of carbonyl (C=O) groups excluding carboxylic acids is 2. The summed E-state index contributed by atoms with van der Waals surface area (Å²) < 4.78 is 13.7. The molecule has 1 heterocycles. The van der Waals surface area contributed by atoms with Crippen LogP contribution in [0.4, 0.5) is 10.1 Å². The van der Waals surface area contributed by atoms with Gasteiger partial charge in [-0.15, -0.1) is 0 Å². The molecule has 1 saturated heterocycles. The molecule has 0 saturated carbocycles. The first kappa shape index (κ1) is 12.2. The molecule has 0 radical (unpaired) electrons. The minimum Gasteiger partial charge on any atom is -0.478 e. The van der Waals surface area contributed by atoms with E-state index in [4.69, 9.17) is 5.11 Å². The second-order valence-electron chi connectivity index (χ2n) is 4.11. The predicted octanol–water partition coefficient (Wildman–Crippen LogP) is 1.42. The molecule has 1 aromatic carbocycles. The van der Waals surface area contributed by atoms with Crippen molar-refractivity contribution in [3.05, 3.63) is 29.6 Å². The normalized spacial score (nSPS) is 19.4. The summed E-state index contributed by atoms with van der Waals surface area (Å²) >= 11 is 0. The number of nitrogens with zero attached hydrogens (tertiary/aromatic N) is 1. The highest BCUT2D eigenvalue weighted by Gasteiger charge is 2.39. The van der Waals surface area contributed by atoms with Crippen molar-refractivity contribution >= 4 is 23.5 Å². The minimum absolute atomic E-state index is 0.0355. The first-order valence-electron chi connectivity index (χ1n) is 5.32. The van der Waals surface area contributed by atoms with Gasteiger partial charge in [-0.2, -0.15) is 0 Å². The van der Waals surface area contributed by atoms with Crippen LogP contribution >= 0.6 is 0 Å². The number of benzene rings is 1. The number of amides is 2. The zero-order valence-electron chi connectivity index (χ0n) is 9.51. The van der Waals surface area contributed by atoms with Crippen LogP contribution in [0.25, 0.3) is 0 Å². The van der Waals surface area contributed by atoms with Gasteiger partial charge < -0.3 is 5.11 Å². The number of halogens is 1. The fourth-order valence-electron chi connectivity index (χ4n) is 1.93. The Kier molecular flexibility index (Phi) is 2.86. The standard InChI is InChI=1S/C12H10FNO4/c1-6-5-9(15)14(11(6)16)10-7(12(17)18)3-2-4-8(10)13/h2-4,6H,5H2,1H3,(H,17,18). The van der Waals surface area contributed by atoms with Gasteiger partial charge in [0.2, 0.25) is 11.8 Å². The molecule has 0 spiro atoms. The molecular weight excluding hydrogens is 241 g/mol. The predicted molar refractivity (Wildman–Crippen MR) is 59.6 cm³/mol. The third-order valence-electron chi connectivity index (χ3n) is 2.81. The topological polar surface area (TPSA) is 74.7 Å². The van der Waals surface area contributed by atoms with E-state index in [-0.39, 0.29) is 6.42 Å². The summed E-state index contributed by atoms with van der Waals surface area (Å²) in [5, 5.41) is 8.97.